The molecule has 1 aliphatic heterocycles. The van der Waals surface area contributed by atoms with Gasteiger partial charge >= 0.3 is 6.18 Å². The molecular weight excluding hydrogens is 409 g/mol. The van der Waals surface area contributed by atoms with Crippen LogP contribution in [0.25, 0.3) is 0 Å². The second-order valence-electron chi connectivity index (χ2n) is 5.71. The predicted octanol–water partition coefficient (Wildman–Crippen LogP) is 3.67. The minimum absolute atomic E-state index is 0.105. The van der Waals surface area contributed by atoms with Gasteiger partial charge in [0.25, 0.3) is 0 Å². The number of thiocarbonyl (C=S) groups is 1. The van der Waals surface area contributed by atoms with Crippen molar-refractivity contribution in [3.05, 3.63) is 57.2 Å². The summed E-state index contributed by atoms with van der Waals surface area (Å²) in [5.41, 5.74) is -3.17. The summed E-state index contributed by atoms with van der Waals surface area (Å²) in [6.07, 6.45) is -5.14. The molecular formula is C16H12ClF3N2O2S2. The fourth-order valence-electron chi connectivity index (χ4n) is 2.86. The summed E-state index contributed by atoms with van der Waals surface area (Å²) in [6.45, 7) is 0. The molecule has 1 aromatic heterocycles. The molecule has 3 atom stereocenters. The standard InChI is InChI=1S/C16H12ClF3N2O2S2/c17-9-5-3-8(4-6-9)12-11(13(23)10-2-1-7-26-10)15(24,16(18,19)20)22-14(25)21-12/h1-7,11-12,24H,(H2,21,22,25)/t11-,12+,15-/m1/s1. The average Bonchev–Trinajstić information content (AvgIpc) is 3.08. The Bertz CT molecular complexity index is 827. The van der Waals surface area contributed by atoms with E-state index in [1.807, 2.05) is 5.32 Å². The molecule has 2 heterocycles. The molecule has 0 aliphatic carbocycles. The molecule has 2 aromatic rings. The van der Waals surface area contributed by atoms with Crippen LogP contribution in [0.5, 0.6) is 0 Å². The second-order valence-corrected chi connectivity index (χ2v) is 7.50. The van der Waals surface area contributed by atoms with Crippen molar-refractivity contribution in [2.24, 2.45) is 5.92 Å². The Labute approximate surface area is 161 Å². The number of carbonyl (C=O) groups is 1. The third-order valence-electron chi connectivity index (χ3n) is 4.08. The number of hydrogen-bond acceptors (Lipinski definition) is 4. The molecule has 0 saturated carbocycles. The van der Waals surface area contributed by atoms with Crippen molar-refractivity contribution in [2.75, 3.05) is 0 Å². The Kier molecular flexibility index (Phi) is 5.00. The number of hydrogen-bond donors (Lipinski definition) is 3. The van der Waals surface area contributed by atoms with Crippen molar-refractivity contribution in [1.82, 2.24) is 10.6 Å². The fourth-order valence-corrected chi connectivity index (χ4v) is 3.97. The molecule has 1 saturated heterocycles. The van der Waals surface area contributed by atoms with E-state index in [1.165, 1.54) is 30.3 Å². The van der Waals surface area contributed by atoms with Gasteiger partial charge in [-0.25, -0.2) is 0 Å². The van der Waals surface area contributed by atoms with Gasteiger partial charge < -0.3 is 15.7 Å². The predicted molar refractivity (Wildman–Crippen MR) is 96.2 cm³/mol. The molecule has 1 fully saturated rings. The van der Waals surface area contributed by atoms with E-state index < -0.39 is 34.8 Å². The first-order chi connectivity index (χ1) is 12.1. The van der Waals surface area contributed by atoms with Gasteiger partial charge in [-0.1, -0.05) is 29.8 Å². The number of alkyl halides is 3. The minimum Gasteiger partial charge on any atom is -0.363 e. The van der Waals surface area contributed by atoms with Crippen LogP contribution in [0, 0.1) is 5.92 Å². The number of benzene rings is 1. The maximum Gasteiger partial charge on any atom is 0.437 e. The highest BCUT2D eigenvalue weighted by Crippen LogP contribution is 2.44. The van der Waals surface area contributed by atoms with E-state index in [4.69, 9.17) is 23.8 Å². The molecule has 26 heavy (non-hydrogen) atoms. The summed E-state index contributed by atoms with van der Waals surface area (Å²) < 4.78 is 41.2. The zero-order chi connectivity index (χ0) is 19.1. The lowest BCUT2D eigenvalue weighted by Crippen LogP contribution is -2.72. The lowest BCUT2D eigenvalue weighted by Gasteiger charge is -2.46. The number of aliphatic hydroxyl groups is 1. The smallest absolute Gasteiger partial charge is 0.363 e. The Morgan fingerprint density at radius 2 is 1.92 bits per heavy atom. The van der Waals surface area contributed by atoms with Crippen molar-refractivity contribution in [3.8, 4) is 0 Å². The maximum absolute atomic E-state index is 13.7. The van der Waals surface area contributed by atoms with Gasteiger partial charge in [-0.15, -0.1) is 11.3 Å². The van der Waals surface area contributed by atoms with Crippen LogP contribution in [0.1, 0.15) is 21.3 Å². The summed E-state index contributed by atoms with van der Waals surface area (Å²) in [4.78, 5) is 13.0. The maximum atomic E-state index is 13.7. The molecule has 3 rings (SSSR count). The summed E-state index contributed by atoms with van der Waals surface area (Å²) >= 11 is 11.7. The van der Waals surface area contributed by atoms with Crippen molar-refractivity contribution in [1.29, 1.82) is 0 Å². The van der Waals surface area contributed by atoms with Gasteiger partial charge in [-0.2, -0.15) is 13.2 Å². The topological polar surface area (TPSA) is 61.4 Å². The number of nitrogens with one attached hydrogen (secondary N) is 2. The fraction of sp³-hybridized carbons (Fsp3) is 0.250. The monoisotopic (exact) mass is 420 g/mol. The number of rotatable bonds is 3. The largest absolute Gasteiger partial charge is 0.437 e. The van der Waals surface area contributed by atoms with E-state index in [0.717, 1.165) is 11.3 Å². The lowest BCUT2D eigenvalue weighted by atomic mass is 9.79. The van der Waals surface area contributed by atoms with Crippen LogP contribution in [0.15, 0.2) is 41.8 Å². The molecule has 0 unspecified atom stereocenters. The number of Topliss-reactive ketones (excluding diaryl/α,β-unsaturated/α-hetero) is 1. The van der Waals surface area contributed by atoms with Gasteiger partial charge in [0.1, 0.15) is 5.92 Å². The normalized spacial score (nSPS) is 26.1. The van der Waals surface area contributed by atoms with Gasteiger partial charge in [-0.05, 0) is 41.4 Å². The Hall–Kier alpha value is -1.68. The lowest BCUT2D eigenvalue weighted by molar-refractivity contribution is -0.285. The number of ketones is 1. The van der Waals surface area contributed by atoms with E-state index in [0.29, 0.717) is 10.6 Å². The van der Waals surface area contributed by atoms with Crippen molar-refractivity contribution < 1.29 is 23.1 Å². The van der Waals surface area contributed by atoms with E-state index in [2.05, 4.69) is 5.32 Å². The third kappa shape index (κ3) is 3.32. The quantitative estimate of drug-likeness (QED) is 0.522. The van der Waals surface area contributed by atoms with Crippen molar-refractivity contribution in [3.63, 3.8) is 0 Å². The zero-order valence-corrected chi connectivity index (χ0v) is 15.3. The molecule has 3 N–H and O–H groups in total. The van der Waals surface area contributed by atoms with Gasteiger partial charge in [0.05, 0.1) is 10.9 Å². The Morgan fingerprint density at radius 3 is 2.46 bits per heavy atom. The highest BCUT2D eigenvalue weighted by atomic mass is 35.5. The molecule has 0 amide bonds. The number of halogens is 4. The first kappa shape index (κ1) is 19.1. The van der Waals surface area contributed by atoms with Crippen molar-refractivity contribution >= 4 is 46.1 Å². The Morgan fingerprint density at radius 1 is 1.27 bits per heavy atom. The Balaban J connectivity index is 2.14. The van der Waals surface area contributed by atoms with Gasteiger partial charge in [0.15, 0.2) is 10.9 Å². The molecule has 138 valence electrons. The SMILES string of the molecule is O=C(c1cccs1)[C@H]1[C@H](c2ccc(Cl)cc2)NC(=S)N[C@]1(O)C(F)(F)F. The summed E-state index contributed by atoms with van der Waals surface area (Å²) in [5.74, 6) is -2.74. The molecule has 0 bridgehead atoms. The molecule has 1 aliphatic rings. The average molecular weight is 421 g/mol. The van der Waals surface area contributed by atoms with Gasteiger partial charge in [-0.3, -0.25) is 4.79 Å². The molecule has 0 spiro atoms. The highest BCUT2D eigenvalue weighted by Gasteiger charge is 2.65. The molecule has 1 aromatic carbocycles. The first-order valence-electron chi connectivity index (χ1n) is 7.34. The number of carbonyl (C=O) groups excluding carboxylic acids is 1. The minimum atomic E-state index is -5.14. The molecule has 10 heteroatoms. The third-order valence-corrected chi connectivity index (χ3v) is 5.44. The van der Waals surface area contributed by atoms with E-state index in [-0.39, 0.29) is 4.88 Å². The van der Waals surface area contributed by atoms with Crippen LogP contribution in [-0.2, 0) is 0 Å². The second kappa shape index (κ2) is 6.80. The van der Waals surface area contributed by atoms with Crippen LogP contribution in [0.3, 0.4) is 0 Å². The summed E-state index contributed by atoms with van der Waals surface area (Å²) in [5, 5.41) is 16.6. The van der Waals surface area contributed by atoms with Crippen LogP contribution in [-0.4, -0.2) is 27.9 Å². The van der Waals surface area contributed by atoms with Gasteiger partial charge in [0.2, 0.25) is 5.72 Å². The van der Waals surface area contributed by atoms with Crippen LogP contribution in [0.2, 0.25) is 5.02 Å². The van der Waals surface area contributed by atoms with Crippen molar-refractivity contribution in [2.45, 2.75) is 17.9 Å². The zero-order valence-electron chi connectivity index (χ0n) is 12.9. The molecule has 0 radical (unpaired) electrons. The highest BCUT2D eigenvalue weighted by molar-refractivity contribution is 7.80. The summed E-state index contributed by atoms with van der Waals surface area (Å²) in [7, 11) is 0. The van der Waals surface area contributed by atoms with Gasteiger partial charge in [0, 0.05) is 5.02 Å². The molecule has 4 nitrogen and oxygen atoms in total. The van der Waals surface area contributed by atoms with E-state index in [1.54, 1.807) is 11.4 Å². The van der Waals surface area contributed by atoms with Crippen LogP contribution in [0.4, 0.5) is 13.2 Å². The van der Waals surface area contributed by atoms with E-state index in [9.17, 15) is 23.1 Å². The van der Waals surface area contributed by atoms with Crippen LogP contribution < -0.4 is 10.6 Å². The van der Waals surface area contributed by atoms with Crippen LogP contribution >= 0.6 is 35.2 Å². The summed E-state index contributed by atoms with van der Waals surface area (Å²) in [6, 6.07) is 7.72. The number of thiophene rings is 1. The van der Waals surface area contributed by atoms with E-state index >= 15 is 0 Å². The first-order valence-corrected chi connectivity index (χ1v) is 9.01.